The highest BCUT2D eigenvalue weighted by atomic mass is 16.4. The van der Waals surface area contributed by atoms with Gasteiger partial charge >= 0.3 is 7.12 Å². The van der Waals surface area contributed by atoms with Gasteiger partial charge in [0.1, 0.15) is 5.69 Å². The summed E-state index contributed by atoms with van der Waals surface area (Å²) in [6.45, 7) is 1.76. The number of nitrogens with zero attached hydrogens (tertiary/aromatic N) is 3. The molecule has 2 aliphatic rings. The molecule has 1 aliphatic carbocycles. The highest BCUT2D eigenvalue weighted by molar-refractivity contribution is 6.57. The van der Waals surface area contributed by atoms with E-state index in [0.717, 1.165) is 19.5 Å². The van der Waals surface area contributed by atoms with Crippen LogP contribution < -0.4 is 16.1 Å². The molecule has 1 saturated carbocycles. The maximum Gasteiger partial charge on any atom is 0.510 e. The molecule has 102 valence electrons. The zero-order chi connectivity index (χ0) is 13.6. The van der Waals surface area contributed by atoms with Crippen molar-refractivity contribution >= 4 is 18.4 Å². The Bertz CT molecular complexity index is 554. The average Bonchev–Trinajstić information content (AvgIpc) is 2.77. The lowest BCUT2D eigenvalue weighted by Gasteiger charge is -2.38. The topological polar surface area (TPSA) is 78.6 Å². The smallest absolute Gasteiger partial charge is 0.422 e. The van der Waals surface area contributed by atoms with Crippen molar-refractivity contribution in [1.82, 2.24) is 9.78 Å². The van der Waals surface area contributed by atoms with Gasteiger partial charge in [0.25, 0.3) is 5.56 Å². The van der Waals surface area contributed by atoms with Gasteiger partial charge in [0.2, 0.25) is 0 Å². The fourth-order valence-corrected chi connectivity index (χ4v) is 3.19. The molecule has 1 spiro atoms. The molecule has 2 heterocycles. The highest BCUT2D eigenvalue weighted by Gasteiger charge is 2.43. The molecular weight excluding hydrogens is 245 g/mol. The molecule has 19 heavy (non-hydrogen) atoms. The van der Waals surface area contributed by atoms with Crippen molar-refractivity contribution in [3.05, 3.63) is 16.4 Å². The Labute approximate surface area is 111 Å². The Kier molecular flexibility index (Phi) is 2.90. The summed E-state index contributed by atoms with van der Waals surface area (Å²) in [6, 6.07) is 1.50. The van der Waals surface area contributed by atoms with Crippen molar-refractivity contribution in [3.8, 4) is 0 Å². The molecule has 1 aromatic heterocycles. The lowest BCUT2D eigenvalue weighted by molar-refractivity contribution is 0.165. The fourth-order valence-electron chi connectivity index (χ4n) is 3.19. The first-order chi connectivity index (χ1) is 9.01. The second kappa shape index (κ2) is 4.35. The largest absolute Gasteiger partial charge is 0.510 e. The summed E-state index contributed by atoms with van der Waals surface area (Å²) in [4.78, 5) is 14.2. The normalized spacial score (nSPS) is 20.7. The first-order valence-corrected chi connectivity index (χ1v) is 6.70. The van der Waals surface area contributed by atoms with E-state index in [0.29, 0.717) is 11.1 Å². The lowest BCUT2D eigenvalue weighted by Crippen LogP contribution is -2.42. The van der Waals surface area contributed by atoms with Gasteiger partial charge in [0.05, 0.1) is 5.59 Å². The second-order valence-corrected chi connectivity index (χ2v) is 5.78. The van der Waals surface area contributed by atoms with Crippen molar-refractivity contribution in [1.29, 1.82) is 0 Å². The van der Waals surface area contributed by atoms with Crippen molar-refractivity contribution in [2.24, 2.45) is 12.5 Å². The molecule has 2 fully saturated rings. The van der Waals surface area contributed by atoms with E-state index in [4.69, 9.17) is 0 Å². The number of anilines is 1. The number of hydrogen-bond donors (Lipinski definition) is 2. The Balaban J connectivity index is 1.94. The zero-order valence-corrected chi connectivity index (χ0v) is 11.0. The zero-order valence-electron chi connectivity index (χ0n) is 11.0. The predicted octanol–water partition coefficient (Wildman–Crippen LogP) is -1.16. The Morgan fingerprint density at radius 3 is 2.63 bits per heavy atom. The number of hydrogen-bond acceptors (Lipinski definition) is 5. The molecule has 0 bridgehead atoms. The van der Waals surface area contributed by atoms with Crippen molar-refractivity contribution in [2.45, 2.75) is 25.7 Å². The van der Waals surface area contributed by atoms with Gasteiger partial charge in [-0.15, -0.1) is 0 Å². The van der Waals surface area contributed by atoms with E-state index >= 15 is 0 Å². The van der Waals surface area contributed by atoms with Crippen molar-refractivity contribution in [2.75, 3.05) is 18.0 Å². The van der Waals surface area contributed by atoms with Gasteiger partial charge in [-0.1, -0.05) is 6.42 Å². The van der Waals surface area contributed by atoms with Gasteiger partial charge in [-0.25, -0.2) is 4.68 Å². The summed E-state index contributed by atoms with van der Waals surface area (Å²) < 4.78 is 1.18. The van der Waals surface area contributed by atoms with Crippen LogP contribution in [0.15, 0.2) is 10.9 Å². The van der Waals surface area contributed by atoms with E-state index in [1.807, 2.05) is 0 Å². The Hall–Kier alpha value is -1.34. The molecular formula is C12H18BN3O3. The number of aromatic nitrogens is 2. The molecule has 6 nitrogen and oxygen atoms in total. The van der Waals surface area contributed by atoms with Crippen LogP contribution in [0.25, 0.3) is 0 Å². The summed E-state index contributed by atoms with van der Waals surface area (Å²) in [5, 5.41) is 22.3. The fraction of sp³-hybridized carbons (Fsp3) is 0.667. The molecule has 1 aliphatic heterocycles. The van der Waals surface area contributed by atoms with Crippen LogP contribution in [0.3, 0.4) is 0 Å². The second-order valence-electron chi connectivity index (χ2n) is 5.78. The molecule has 3 rings (SSSR count). The van der Waals surface area contributed by atoms with Crippen LogP contribution in [0.1, 0.15) is 25.7 Å². The average molecular weight is 263 g/mol. The maximum absolute atomic E-state index is 12.1. The van der Waals surface area contributed by atoms with Gasteiger partial charge in [-0.3, -0.25) is 4.79 Å². The maximum atomic E-state index is 12.1. The number of aryl methyl sites for hydroxylation is 1. The quantitative estimate of drug-likeness (QED) is 0.658. The van der Waals surface area contributed by atoms with Crippen LogP contribution in [0, 0.1) is 5.41 Å². The van der Waals surface area contributed by atoms with Crippen LogP contribution in [-0.4, -0.2) is 40.0 Å². The minimum absolute atomic E-state index is 0.117. The number of rotatable bonds is 2. The standard InChI is InChI=1S/C12H18BN3O3/c1-15-11(17)9(7-10(14-15)13(18)19)16-6-5-12(8-16)3-2-4-12/h7,18-19H,2-6,8H2,1H3. The van der Waals surface area contributed by atoms with Gasteiger partial charge in [0, 0.05) is 20.1 Å². The minimum atomic E-state index is -1.65. The lowest BCUT2D eigenvalue weighted by atomic mass is 9.68. The van der Waals surface area contributed by atoms with E-state index in [-0.39, 0.29) is 11.2 Å². The van der Waals surface area contributed by atoms with Crippen LogP contribution in [0.2, 0.25) is 0 Å². The molecule has 1 saturated heterocycles. The van der Waals surface area contributed by atoms with Crippen LogP contribution in [0.5, 0.6) is 0 Å². The van der Waals surface area contributed by atoms with Crippen molar-refractivity contribution < 1.29 is 10.0 Å². The predicted molar refractivity (Wildman–Crippen MR) is 72.4 cm³/mol. The summed E-state index contributed by atoms with van der Waals surface area (Å²) in [5.41, 5.74) is 0.864. The van der Waals surface area contributed by atoms with E-state index in [2.05, 4.69) is 10.00 Å². The van der Waals surface area contributed by atoms with Crippen molar-refractivity contribution in [3.63, 3.8) is 0 Å². The molecule has 0 aromatic carbocycles. The molecule has 1 aromatic rings. The highest BCUT2D eigenvalue weighted by Crippen LogP contribution is 2.48. The summed E-state index contributed by atoms with van der Waals surface area (Å²) in [6.07, 6.45) is 4.88. The molecule has 2 N–H and O–H groups in total. The molecule has 0 amide bonds. The third kappa shape index (κ3) is 2.06. The van der Waals surface area contributed by atoms with E-state index in [1.54, 1.807) is 0 Å². The summed E-state index contributed by atoms with van der Waals surface area (Å²) >= 11 is 0. The summed E-state index contributed by atoms with van der Waals surface area (Å²) in [7, 11) is -0.113. The van der Waals surface area contributed by atoms with Gasteiger partial charge in [0.15, 0.2) is 0 Å². The Morgan fingerprint density at radius 2 is 2.11 bits per heavy atom. The molecule has 0 atom stereocenters. The van der Waals surface area contributed by atoms with E-state index in [9.17, 15) is 14.8 Å². The molecule has 0 radical (unpaired) electrons. The first-order valence-electron chi connectivity index (χ1n) is 6.70. The monoisotopic (exact) mass is 263 g/mol. The van der Waals surface area contributed by atoms with E-state index < -0.39 is 7.12 Å². The SMILES string of the molecule is Cn1nc(B(O)O)cc(N2CCC3(CCC3)C2)c1=O. The molecule has 0 unspecified atom stereocenters. The third-order valence-electron chi connectivity index (χ3n) is 4.52. The van der Waals surface area contributed by atoms with Gasteiger partial charge in [-0.05, 0) is 30.7 Å². The van der Waals surface area contributed by atoms with Crippen LogP contribution in [0.4, 0.5) is 5.69 Å². The minimum Gasteiger partial charge on any atom is -0.422 e. The van der Waals surface area contributed by atoms with Gasteiger partial charge < -0.3 is 14.9 Å². The van der Waals surface area contributed by atoms with E-state index in [1.165, 1.54) is 37.1 Å². The van der Waals surface area contributed by atoms with Gasteiger partial charge in [-0.2, -0.15) is 5.10 Å². The van der Waals surface area contributed by atoms with Crippen LogP contribution in [-0.2, 0) is 7.05 Å². The Morgan fingerprint density at radius 1 is 1.37 bits per heavy atom. The van der Waals surface area contributed by atoms with Crippen LogP contribution >= 0.6 is 0 Å². The third-order valence-corrected chi connectivity index (χ3v) is 4.52. The first kappa shape index (κ1) is 12.7. The molecule has 7 heteroatoms. The summed E-state index contributed by atoms with van der Waals surface area (Å²) in [5.74, 6) is 0.